The molecule has 1 aliphatic heterocycles. The number of aliphatic hydroxyl groups excluding tert-OH is 1. The summed E-state index contributed by atoms with van der Waals surface area (Å²) in [5, 5.41) is 12.6. The predicted molar refractivity (Wildman–Crippen MR) is 49.7 cm³/mol. The van der Waals surface area contributed by atoms with Crippen LogP contribution in [0.15, 0.2) is 0 Å². The Morgan fingerprint density at radius 3 is 2.92 bits per heavy atom. The molecule has 13 heavy (non-hydrogen) atoms. The first-order valence-corrected chi connectivity index (χ1v) is 4.82. The molecule has 0 aliphatic carbocycles. The Hall–Kier alpha value is -0.160. The van der Waals surface area contributed by atoms with Crippen molar-refractivity contribution in [3.63, 3.8) is 0 Å². The molecule has 1 heterocycles. The molecule has 0 aromatic heterocycles. The van der Waals surface area contributed by atoms with Crippen molar-refractivity contribution >= 4 is 0 Å². The molecular weight excluding hydrogens is 170 g/mol. The fourth-order valence-electron chi connectivity index (χ4n) is 1.40. The van der Waals surface area contributed by atoms with Crippen molar-refractivity contribution < 1.29 is 14.6 Å². The van der Waals surface area contributed by atoms with Crippen molar-refractivity contribution in [2.45, 2.75) is 25.0 Å². The third kappa shape index (κ3) is 4.04. The van der Waals surface area contributed by atoms with Crippen molar-refractivity contribution in [3.05, 3.63) is 0 Å². The molecule has 1 aliphatic rings. The van der Waals surface area contributed by atoms with Crippen LogP contribution < -0.4 is 5.32 Å². The lowest BCUT2D eigenvalue weighted by molar-refractivity contribution is 0.122. The molecule has 0 saturated carbocycles. The maximum Gasteiger partial charge on any atom is 0.0948 e. The average Bonchev–Trinajstić information content (AvgIpc) is 2.52. The van der Waals surface area contributed by atoms with Crippen molar-refractivity contribution in [2.24, 2.45) is 0 Å². The summed E-state index contributed by atoms with van der Waals surface area (Å²) in [7, 11) is 1.71. The van der Waals surface area contributed by atoms with Gasteiger partial charge in [-0.2, -0.15) is 0 Å². The first-order valence-electron chi connectivity index (χ1n) is 4.82. The Morgan fingerprint density at radius 2 is 2.31 bits per heavy atom. The van der Waals surface area contributed by atoms with Crippen LogP contribution in [0.1, 0.15) is 12.8 Å². The monoisotopic (exact) mass is 189 g/mol. The van der Waals surface area contributed by atoms with E-state index in [4.69, 9.17) is 9.47 Å². The second kappa shape index (κ2) is 6.32. The summed E-state index contributed by atoms with van der Waals surface area (Å²) in [6.45, 7) is 2.83. The van der Waals surface area contributed by atoms with Crippen LogP contribution in [0.3, 0.4) is 0 Å². The summed E-state index contributed by atoms with van der Waals surface area (Å²) >= 11 is 0. The zero-order chi connectivity index (χ0) is 9.52. The van der Waals surface area contributed by atoms with E-state index in [-0.39, 0.29) is 12.1 Å². The highest BCUT2D eigenvalue weighted by molar-refractivity contribution is 4.80. The van der Waals surface area contributed by atoms with E-state index in [0.29, 0.717) is 13.2 Å². The molecule has 0 bridgehead atoms. The van der Waals surface area contributed by atoms with E-state index in [0.717, 1.165) is 26.0 Å². The Bertz CT molecular complexity index is 132. The van der Waals surface area contributed by atoms with Gasteiger partial charge in [0.15, 0.2) is 0 Å². The molecule has 4 nitrogen and oxygen atoms in total. The highest BCUT2D eigenvalue weighted by Crippen LogP contribution is 2.04. The third-order valence-corrected chi connectivity index (χ3v) is 2.23. The molecule has 0 amide bonds. The quantitative estimate of drug-likeness (QED) is 0.566. The second-order valence-electron chi connectivity index (χ2n) is 3.37. The molecule has 1 saturated heterocycles. The molecule has 2 N–H and O–H groups in total. The van der Waals surface area contributed by atoms with Crippen LogP contribution in [-0.4, -0.2) is 50.7 Å². The molecule has 0 aromatic rings. The zero-order valence-electron chi connectivity index (χ0n) is 8.16. The van der Waals surface area contributed by atoms with Gasteiger partial charge in [-0.1, -0.05) is 0 Å². The van der Waals surface area contributed by atoms with Crippen molar-refractivity contribution in [2.75, 3.05) is 33.5 Å². The summed E-state index contributed by atoms with van der Waals surface area (Å²) in [4.78, 5) is 0. The fourth-order valence-corrected chi connectivity index (χ4v) is 1.40. The van der Waals surface area contributed by atoms with Gasteiger partial charge in [0, 0.05) is 13.7 Å². The lowest BCUT2D eigenvalue weighted by Crippen LogP contribution is -2.39. The van der Waals surface area contributed by atoms with E-state index in [9.17, 15) is 5.11 Å². The smallest absolute Gasteiger partial charge is 0.0948 e. The number of unbranched alkanes of at least 4 members (excludes halogenated alkanes) is 1. The summed E-state index contributed by atoms with van der Waals surface area (Å²) < 4.78 is 10.0. The van der Waals surface area contributed by atoms with Gasteiger partial charge >= 0.3 is 0 Å². The Morgan fingerprint density at radius 1 is 1.46 bits per heavy atom. The highest BCUT2D eigenvalue weighted by atomic mass is 16.5. The molecule has 2 atom stereocenters. The average molecular weight is 189 g/mol. The van der Waals surface area contributed by atoms with E-state index >= 15 is 0 Å². The summed E-state index contributed by atoms with van der Waals surface area (Å²) in [5.74, 6) is 0. The zero-order valence-corrected chi connectivity index (χ0v) is 8.16. The van der Waals surface area contributed by atoms with Gasteiger partial charge in [0.25, 0.3) is 0 Å². The fraction of sp³-hybridized carbons (Fsp3) is 1.00. The van der Waals surface area contributed by atoms with Crippen molar-refractivity contribution in [1.82, 2.24) is 5.32 Å². The van der Waals surface area contributed by atoms with Crippen molar-refractivity contribution in [1.29, 1.82) is 0 Å². The third-order valence-electron chi connectivity index (χ3n) is 2.23. The van der Waals surface area contributed by atoms with Crippen molar-refractivity contribution in [3.8, 4) is 0 Å². The normalized spacial score (nSPS) is 28.2. The van der Waals surface area contributed by atoms with Gasteiger partial charge in [-0.05, 0) is 19.4 Å². The summed E-state index contributed by atoms with van der Waals surface area (Å²) in [6, 6.07) is 0.127. The van der Waals surface area contributed by atoms with E-state index in [1.165, 1.54) is 0 Å². The first-order chi connectivity index (χ1) is 6.34. The minimum absolute atomic E-state index is 0.127. The molecular formula is C9H19NO3. The number of rotatable bonds is 6. The van der Waals surface area contributed by atoms with Gasteiger partial charge < -0.3 is 19.9 Å². The SMILES string of the molecule is COCCCCNC1COCC1O. The Kier molecular flexibility index (Phi) is 5.31. The molecule has 2 unspecified atom stereocenters. The van der Waals surface area contributed by atoms with E-state index < -0.39 is 0 Å². The summed E-state index contributed by atoms with van der Waals surface area (Å²) in [6.07, 6.45) is 1.81. The molecule has 1 fully saturated rings. The van der Waals surface area contributed by atoms with Crippen LogP contribution in [0, 0.1) is 0 Å². The van der Waals surface area contributed by atoms with Crippen LogP contribution in [0.2, 0.25) is 0 Å². The molecule has 78 valence electrons. The van der Waals surface area contributed by atoms with Gasteiger partial charge in [-0.25, -0.2) is 0 Å². The number of hydrogen-bond donors (Lipinski definition) is 2. The maximum atomic E-state index is 9.38. The predicted octanol–water partition coefficient (Wildman–Crippen LogP) is -0.238. The van der Waals surface area contributed by atoms with Gasteiger partial charge in [-0.15, -0.1) is 0 Å². The number of methoxy groups -OCH3 is 1. The Labute approximate surface area is 79.2 Å². The van der Waals surface area contributed by atoms with Crippen LogP contribution >= 0.6 is 0 Å². The largest absolute Gasteiger partial charge is 0.389 e. The van der Waals surface area contributed by atoms with Crippen LogP contribution in [0.25, 0.3) is 0 Å². The lowest BCUT2D eigenvalue weighted by atomic mass is 10.2. The van der Waals surface area contributed by atoms with E-state index in [1.54, 1.807) is 7.11 Å². The van der Waals surface area contributed by atoms with Gasteiger partial charge in [0.05, 0.1) is 25.4 Å². The molecule has 0 aromatic carbocycles. The minimum Gasteiger partial charge on any atom is -0.389 e. The minimum atomic E-state index is -0.331. The van der Waals surface area contributed by atoms with E-state index in [2.05, 4.69) is 5.32 Å². The molecule has 0 spiro atoms. The highest BCUT2D eigenvalue weighted by Gasteiger charge is 2.24. The standard InChI is InChI=1S/C9H19NO3/c1-12-5-3-2-4-10-8-6-13-7-9(8)11/h8-11H,2-7H2,1H3. The van der Waals surface area contributed by atoms with Gasteiger partial charge in [0.2, 0.25) is 0 Å². The maximum absolute atomic E-state index is 9.38. The second-order valence-corrected chi connectivity index (χ2v) is 3.37. The summed E-state index contributed by atoms with van der Waals surface area (Å²) in [5.41, 5.74) is 0. The number of hydrogen-bond acceptors (Lipinski definition) is 4. The molecule has 1 rings (SSSR count). The number of nitrogens with one attached hydrogen (secondary N) is 1. The topological polar surface area (TPSA) is 50.7 Å². The number of aliphatic hydroxyl groups is 1. The van der Waals surface area contributed by atoms with Gasteiger partial charge in [0.1, 0.15) is 0 Å². The first kappa shape index (κ1) is 10.9. The van der Waals surface area contributed by atoms with Crippen LogP contribution in [-0.2, 0) is 9.47 Å². The molecule has 0 radical (unpaired) electrons. The lowest BCUT2D eigenvalue weighted by Gasteiger charge is -2.13. The molecule has 4 heteroatoms. The van der Waals surface area contributed by atoms with E-state index in [1.807, 2.05) is 0 Å². The van der Waals surface area contributed by atoms with Crippen LogP contribution in [0.5, 0.6) is 0 Å². The Balaban J connectivity index is 1.93. The number of ether oxygens (including phenoxy) is 2. The van der Waals surface area contributed by atoms with Gasteiger partial charge in [-0.3, -0.25) is 0 Å². The van der Waals surface area contributed by atoms with Crippen LogP contribution in [0.4, 0.5) is 0 Å².